The third-order valence-electron chi connectivity index (χ3n) is 4.87. The first-order valence-corrected chi connectivity index (χ1v) is 11.2. The number of hydrogen-bond donors (Lipinski definition) is 1. The van der Waals surface area contributed by atoms with Crippen molar-refractivity contribution in [1.82, 2.24) is 0 Å². The van der Waals surface area contributed by atoms with E-state index in [1.807, 2.05) is 48.5 Å². The zero-order chi connectivity index (χ0) is 23.6. The number of benzene rings is 3. The van der Waals surface area contributed by atoms with Crippen LogP contribution in [-0.4, -0.2) is 18.2 Å². The number of nitrogens with zero attached hydrogens (tertiary/aromatic N) is 2. The van der Waals surface area contributed by atoms with Gasteiger partial charge in [0, 0.05) is 29.4 Å². The molecular weight excluding hydrogens is 440 g/mol. The van der Waals surface area contributed by atoms with Gasteiger partial charge in [-0.05, 0) is 60.5 Å². The van der Waals surface area contributed by atoms with Crippen LogP contribution < -0.4 is 10.2 Å². The quantitative estimate of drug-likeness (QED) is 0.221. The molecule has 0 atom stereocenters. The Hall–Kier alpha value is -3.63. The van der Waals surface area contributed by atoms with Crippen LogP contribution in [0.2, 0.25) is 0 Å². The zero-order valence-electron chi connectivity index (χ0n) is 18.0. The van der Waals surface area contributed by atoms with E-state index < -0.39 is 11.7 Å². The van der Waals surface area contributed by atoms with Crippen molar-refractivity contribution in [2.75, 3.05) is 16.8 Å². The monoisotopic (exact) mass is 463 g/mol. The Morgan fingerprint density at radius 2 is 1.73 bits per heavy atom. The van der Waals surface area contributed by atoms with Crippen molar-refractivity contribution < 1.29 is 13.6 Å². The molecule has 3 aromatic rings. The maximum absolute atomic E-state index is 12.5. The van der Waals surface area contributed by atoms with Crippen molar-refractivity contribution >= 4 is 35.1 Å². The van der Waals surface area contributed by atoms with Crippen LogP contribution in [0.1, 0.15) is 18.1 Å². The third-order valence-corrected chi connectivity index (χ3v) is 5.59. The summed E-state index contributed by atoms with van der Waals surface area (Å²) in [6.07, 6.45) is 1.52. The fourth-order valence-electron chi connectivity index (χ4n) is 3.20. The highest BCUT2D eigenvalue weighted by atomic mass is 32.2. The van der Waals surface area contributed by atoms with E-state index in [2.05, 4.69) is 29.3 Å². The van der Waals surface area contributed by atoms with Crippen LogP contribution in [0.25, 0.3) is 6.08 Å². The molecule has 4 nitrogen and oxygen atoms in total. The lowest BCUT2D eigenvalue weighted by atomic mass is 10.1. The standard InChI is InChI=1S/C26H23F2N3OS/c1-2-31(18-20-6-4-3-5-7-20)23-12-8-19(9-13-23)16-21(17-29)25(32)30-22-10-14-24(15-11-22)33-26(27)28/h3-16,26H,2,18H2,1H3,(H,30,32)/b21-16+. The summed E-state index contributed by atoms with van der Waals surface area (Å²) in [5, 5.41) is 12.1. The van der Waals surface area contributed by atoms with E-state index in [4.69, 9.17) is 0 Å². The Morgan fingerprint density at radius 1 is 1.06 bits per heavy atom. The Labute approximate surface area is 196 Å². The van der Waals surface area contributed by atoms with E-state index in [1.165, 1.54) is 35.9 Å². The minimum absolute atomic E-state index is 0.0505. The van der Waals surface area contributed by atoms with Crippen LogP contribution >= 0.6 is 11.8 Å². The SMILES string of the molecule is CCN(Cc1ccccc1)c1ccc(/C=C(\C#N)C(=O)Nc2ccc(SC(F)F)cc2)cc1. The second-order valence-corrected chi connectivity index (χ2v) is 8.18. The van der Waals surface area contributed by atoms with Gasteiger partial charge in [-0.3, -0.25) is 4.79 Å². The van der Waals surface area contributed by atoms with Crippen molar-refractivity contribution in [2.45, 2.75) is 24.1 Å². The zero-order valence-corrected chi connectivity index (χ0v) is 18.9. The summed E-state index contributed by atoms with van der Waals surface area (Å²) in [7, 11) is 0. The second-order valence-electron chi connectivity index (χ2n) is 7.12. The summed E-state index contributed by atoms with van der Waals surface area (Å²) in [6, 6.07) is 25.8. The fourth-order valence-corrected chi connectivity index (χ4v) is 3.70. The molecule has 3 aromatic carbocycles. The predicted octanol–water partition coefficient (Wildman–Crippen LogP) is 6.57. The lowest BCUT2D eigenvalue weighted by Crippen LogP contribution is -2.21. The summed E-state index contributed by atoms with van der Waals surface area (Å²) in [6.45, 7) is 3.71. The molecule has 0 radical (unpaired) electrons. The number of anilines is 2. The van der Waals surface area contributed by atoms with Gasteiger partial charge in [-0.25, -0.2) is 0 Å². The molecular formula is C26H23F2N3OS. The largest absolute Gasteiger partial charge is 0.367 e. The number of hydrogen-bond acceptors (Lipinski definition) is 4. The molecule has 0 bridgehead atoms. The normalized spacial score (nSPS) is 11.2. The van der Waals surface area contributed by atoms with Gasteiger partial charge in [0.1, 0.15) is 11.6 Å². The van der Waals surface area contributed by atoms with Gasteiger partial charge < -0.3 is 10.2 Å². The van der Waals surface area contributed by atoms with Crippen molar-refractivity contribution in [3.8, 4) is 6.07 Å². The molecule has 0 fully saturated rings. The molecule has 7 heteroatoms. The summed E-state index contributed by atoms with van der Waals surface area (Å²) >= 11 is 0.430. The maximum Gasteiger partial charge on any atom is 0.288 e. The summed E-state index contributed by atoms with van der Waals surface area (Å²) in [5.41, 5.74) is 3.36. The number of alkyl halides is 2. The van der Waals surface area contributed by atoms with Crippen LogP contribution in [-0.2, 0) is 11.3 Å². The van der Waals surface area contributed by atoms with Gasteiger partial charge in [-0.15, -0.1) is 0 Å². The maximum atomic E-state index is 12.5. The predicted molar refractivity (Wildman–Crippen MR) is 130 cm³/mol. The first kappa shape index (κ1) is 24.0. The molecule has 168 valence electrons. The number of carbonyl (C=O) groups is 1. The van der Waals surface area contributed by atoms with Gasteiger partial charge in [-0.1, -0.05) is 54.2 Å². The third kappa shape index (κ3) is 7.19. The second kappa shape index (κ2) is 11.8. The molecule has 1 amide bonds. The first-order valence-electron chi connectivity index (χ1n) is 10.4. The van der Waals surface area contributed by atoms with Gasteiger partial charge in [0.25, 0.3) is 11.7 Å². The molecule has 0 unspecified atom stereocenters. The smallest absolute Gasteiger partial charge is 0.288 e. The number of thioether (sulfide) groups is 1. The number of rotatable bonds is 9. The molecule has 0 aliphatic rings. The molecule has 0 aliphatic carbocycles. The number of halogens is 2. The summed E-state index contributed by atoms with van der Waals surface area (Å²) in [5.74, 6) is -3.07. The lowest BCUT2D eigenvalue weighted by Gasteiger charge is -2.23. The Kier molecular flexibility index (Phi) is 8.62. The van der Waals surface area contributed by atoms with Gasteiger partial charge in [0.2, 0.25) is 0 Å². The van der Waals surface area contributed by atoms with E-state index >= 15 is 0 Å². The molecule has 0 aromatic heterocycles. The fraction of sp³-hybridized carbons (Fsp3) is 0.154. The number of nitriles is 1. The Morgan fingerprint density at radius 3 is 2.30 bits per heavy atom. The van der Waals surface area contributed by atoms with Crippen LogP contribution in [0, 0.1) is 11.3 Å². The molecule has 3 rings (SSSR count). The minimum Gasteiger partial charge on any atom is -0.367 e. The van der Waals surface area contributed by atoms with E-state index in [1.54, 1.807) is 0 Å². The minimum atomic E-state index is -2.51. The van der Waals surface area contributed by atoms with E-state index in [-0.39, 0.29) is 5.57 Å². The molecule has 0 spiro atoms. The summed E-state index contributed by atoms with van der Waals surface area (Å²) in [4.78, 5) is 15.1. The number of nitrogens with one attached hydrogen (secondary N) is 1. The summed E-state index contributed by atoms with van der Waals surface area (Å²) < 4.78 is 24.8. The highest BCUT2D eigenvalue weighted by Gasteiger charge is 2.11. The highest BCUT2D eigenvalue weighted by Crippen LogP contribution is 2.26. The molecule has 0 aliphatic heterocycles. The average molecular weight is 464 g/mol. The number of carbonyl (C=O) groups excluding carboxylic acids is 1. The van der Waals surface area contributed by atoms with E-state index in [0.717, 1.165) is 24.3 Å². The van der Waals surface area contributed by atoms with Crippen molar-refractivity contribution in [1.29, 1.82) is 5.26 Å². The average Bonchev–Trinajstić information content (AvgIpc) is 2.83. The topological polar surface area (TPSA) is 56.1 Å². The first-order chi connectivity index (χ1) is 16.0. The van der Waals surface area contributed by atoms with Crippen molar-refractivity contribution in [3.05, 3.63) is 95.6 Å². The molecule has 0 saturated heterocycles. The molecule has 33 heavy (non-hydrogen) atoms. The molecule has 0 saturated carbocycles. The van der Waals surface area contributed by atoms with Crippen molar-refractivity contribution in [2.24, 2.45) is 0 Å². The number of amides is 1. The van der Waals surface area contributed by atoms with Crippen LogP contribution in [0.15, 0.2) is 89.3 Å². The van der Waals surface area contributed by atoms with Gasteiger partial charge in [0.15, 0.2) is 0 Å². The van der Waals surface area contributed by atoms with Gasteiger partial charge in [-0.2, -0.15) is 14.0 Å². The Bertz CT molecular complexity index is 1120. The highest BCUT2D eigenvalue weighted by molar-refractivity contribution is 7.99. The van der Waals surface area contributed by atoms with Crippen LogP contribution in [0.4, 0.5) is 20.2 Å². The van der Waals surface area contributed by atoms with Crippen LogP contribution in [0.5, 0.6) is 0 Å². The Balaban J connectivity index is 1.67. The molecule has 0 heterocycles. The molecule has 1 N–H and O–H groups in total. The lowest BCUT2D eigenvalue weighted by molar-refractivity contribution is -0.112. The van der Waals surface area contributed by atoms with Gasteiger partial charge >= 0.3 is 0 Å². The van der Waals surface area contributed by atoms with Crippen molar-refractivity contribution in [3.63, 3.8) is 0 Å². The van der Waals surface area contributed by atoms with E-state index in [0.29, 0.717) is 22.3 Å². The van der Waals surface area contributed by atoms with Gasteiger partial charge in [0.05, 0.1) is 0 Å². The van der Waals surface area contributed by atoms with Crippen LogP contribution in [0.3, 0.4) is 0 Å². The van der Waals surface area contributed by atoms with E-state index in [9.17, 15) is 18.8 Å².